The van der Waals surface area contributed by atoms with Gasteiger partial charge < -0.3 is 9.31 Å². The van der Waals surface area contributed by atoms with Gasteiger partial charge in [-0.05, 0) is 42.9 Å². The lowest BCUT2D eigenvalue weighted by Gasteiger charge is -2.14. The quantitative estimate of drug-likeness (QED) is 0.677. The molecule has 0 heterocycles. The summed E-state index contributed by atoms with van der Waals surface area (Å²) in [6, 6.07) is 4.16. The maximum absolute atomic E-state index is 5.24. The standard InChI is InChI=1S/C11H17BO2/c1-8-6-7-11(10(3)9(8)2)12(13-4)14-5/h6-7H,1-5H3. The van der Waals surface area contributed by atoms with Gasteiger partial charge in [0.25, 0.3) is 0 Å². The molecule has 1 aromatic rings. The van der Waals surface area contributed by atoms with Gasteiger partial charge in [-0.25, -0.2) is 0 Å². The molecule has 0 saturated heterocycles. The molecule has 0 atom stereocenters. The van der Waals surface area contributed by atoms with E-state index in [0.717, 1.165) is 5.46 Å². The van der Waals surface area contributed by atoms with Crippen LogP contribution in [0.1, 0.15) is 16.7 Å². The Hall–Kier alpha value is -0.795. The van der Waals surface area contributed by atoms with Crippen LogP contribution in [0.5, 0.6) is 0 Å². The van der Waals surface area contributed by atoms with E-state index in [-0.39, 0.29) is 7.12 Å². The first-order valence-electron chi connectivity index (χ1n) is 4.74. The van der Waals surface area contributed by atoms with E-state index in [0.29, 0.717) is 0 Å². The molecule has 0 aliphatic carbocycles. The summed E-state index contributed by atoms with van der Waals surface area (Å²) < 4.78 is 10.5. The van der Waals surface area contributed by atoms with E-state index in [2.05, 4.69) is 32.9 Å². The van der Waals surface area contributed by atoms with Gasteiger partial charge in [0.15, 0.2) is 0 Å². The Morgan fingerprint density at radius 1 is 0.929 bits per heavy atom. The number of hydrogen-bond acceptors (Lipinski definition) is 2. The molecule has 0 saturated carbocycles. The number of aryl methyl sites for hydroxylation is 1. The first-order valence-corrected chi connectivity index (χ1v) is 4.74. The van der Waals surface area contributed by atoms with Crippen LogP contribution in [-0.2, 0) is 9.31 Å². The molecule has 0 aliphatic rings. The second kappa shape index (κ2) is 4.62. The van der Waals surface area contributed by atoms with Gasteiger partial charge in [0.1, 0.15) is 0 Å². The van der Waals surface area contributed by atoms with E-state index >= 15 is 0 Å². The summed E-state index contributed by atoms with van der Waals surface area (Å²) in [5, 5.41) is 0. The fourth-order valence-electron chi connectivity index (χ4n) is 1.58. The zero-order chi connectivity index (χ0) is 10.7. The fourth-order valence-corrected chi connectivity index (χ4v) is 1.58. The van der Waals surface area contributed by atoms with E-state index < -0.39 is 0 Å². The van der Waals surface area contributed by atoms with Crippen LogP contribution in [0.2, 0.25) is 0 Å². The van der Waals surface area contributed by atoms with Crippen LogP contribution >= 0.6 is 0 Å². The Morgan fingerprint density at radius 2 is 1.50 bits per heavy atom. The Kier molecular flexibility index (Phi) is 3.73. The van der Waals surface area contributed by atoms with Crippen molar-refractivity contribution in [3.05, 3.63) is 28.8 Å². The second-order valence-electron chi connectivity index (χ2n) is 3.53. The number of rotatable bonds is 3. The molecule has 1 aromatic carbocycles. The minimum atomic E-state index is -0.255. The zero-order valence-corrected chi connectivity index (χ0v) is 9.55. The van der Waals surface area contributed by atoms with Crippen molar-refractivity contribution in [2.75, 3.05) is 14.2 Å². The third-order valence-electron chi connectivity index (χ3n) is 2.78. The van der Waals surface area contributed by atoms with Gasteiger partial charge in [0.05, 0.1) is 0 Å². The highest BCUT2D eigenvalue weighted by Gasteiger charge is 2.20. The molecule has 14 heavy (non-hydrogen) atoms. The van der Waals surface area contributed by atoms with Crippen molar-refractivity contribution < 1.29 is 9.31 Å². The highest BCUT2D eigenvalue weighted by molar-refractivity contribution is 6.61. The van der Waals surface area contributed by atoms with Crippen molar-refractivity contribution in [2.24, 2.45) is 0 Å². The third kappa shape index (κ3) is 1.99. The van der Waals surface area contributed by atoms with E-state index in [1.165, 1.54) is 16.7 Å². The van der Waals surface area contributed by atoms with Crippen molar-refractivity contribution in [1.82, 2.24) is 0 Å². The van der Waals surface area contributed by atoms with Crippen LogP contribution in [-0.4, -0.2) is 21.3 Å². The minimum absolute atomic E-state index is 0.255. The van der Waals surface area contributed by atoms with Gasteiger partial charge in [0.2, 0.25) is 0 Å². The number of hydrogen-bond donors (Lipinski definition) is 0. The summed E-state index contributed by atoms with van der Waals surface area (Å²) >= 11 is 0. The van der Waals surface area contributed by atoms with E-state index in [1.54, 1.807) is 14.2 Å². The van der Waals surface area contributed by atoms with Crippen molar-refractivity contribution in [2.45, 2.75) is 20.8 Å². The van der Waals surface area contributed by atoms with Crippen molar-refractivity contribution in [3.8, 4) is 0 Å². The summed E-state index contributed by atoms with van der Waals surface area (Å²) in [6.45, 7) is 6.33. The third-order valence-corrected chi connectivity index (χ3v) is 2.78. The van der Waals surface area contributed by atoms with Gasteiger partial charge in [-0.3, -0.25) is 0 Å². The van der Waals surface area contributed by atoms with Gasteiger partial charge in [0, 0.05) is 14.2 Å². The summed E-state index contributed by atoms with van der Waals surface area (Å²) in [4.78, 5) is 0. The molecule has 0 amide bonds. The largest absolute Gasteiger partial charge is 0.493 e. The monoisotopic (exact) mass is 192 g/mol. The Morgan fingerprint density at radius 3 is 2.00 bits per heavy atom. The molecule has 0 aromatic heterocycles. The number of benzene rings is 1. The van der Waals surface area contributed by atoms with Crippen LogP contribution in [0.15, 0.2) is 12.1 Å². The maximum atomic E-state index is 5.24. The lowest BCUT2D eigenvalue weighted by Crippen LogP contribution is -2.37. The molecular formula is C11H17BO2. The van der Waals surface area contributed by atoms with Crippen LogP contribution < -0.4 is 5.46 Å². The zero-order valence-electron chi connectivity index (χ0n) is 9.55. The molecule has 0 spiro atoms. The molecular weight excluding hydrogens is 175 g/mol. The van der Waals surface area contributed by atoms with Crippen molar-refractivity contribution >= 4 is 12.6 Å². The van der Waals surface area contributed by atoms with Crippen LogP contribution in [0.4, 0.5) is 0 Å². The highest BCUT2D eigenvalue weighted by Crippen LogP contribution is 2.10. The van der Waals surface area contributed by atoms with Crippen LogP contribution in [0, 0.1) is 20.8 Å². The summed E-state index contributed by atoms with van der Waals surface area (Å²) in [7, 11) is 3.06. The lowest BCUT2D eigenvalue weighted by atomic mass is 9.74. The fraction of sp³-hybridized carbons (Fsp3) is 0.455. The predicted molar refractivity (Wildman–Crippen MR) is 60.1 cm³/mol. The molecule has 0 unspecified atom stereocenters. The van der Waals surface area contributed by atoms with Gasteiger partial charge in [-0.15, -0.1) is 0 Å². The SMILES string of the molecule is COB(OC)c1ccc(C)c(C)c1C. The Bertz CT molecular complexity index is 319. The average molecular weight is 192 g/mol. The molecule has 0 bridgehead atoms. The van der Waals surface area contributed by atoms with E-state index in [4.69, 9.17) is 9.31 Å². The van der Waals surface area contributed by atoms with Gasteiger partial charge in [-0.2, -0.15) is 0 Å². The van der Waals surface area contributed by atoms with E-state index in [9.17, 15) is 0 Å². The van der Waals surface area contributed by atoms with Crippen molar-refractivity contribution in [3.63, 3.8) is 0 Å². The summed E-state index contributed by atoms with van der Waals surface area (Å²) in [6.07, 6.45) is 0. The molecule has 0 fully saturated rings. The summed E-state index contributed by atoms with van der Waals surface area (Å²) in [5.41, 5.74) is 4.97. The molecule has 2 nitrogen and oxygen atoms in total. The topological polar surface area (TPSA) is 18.5 Å². The molecule has 0 aliphatic heterocycles. The summed E-state index contributed by atoms with van der Waals surface area (Å²) in [5.74, 6) is 0. The van der Waals surface area contributed by atoms with Crippen LogP contribution in [0.25, 0.3) is 0 Å². The molecule has 0 N–H and O–H groups in total. The Labute approximate surface area is 86.4 Å². The average Bonchev–Trinajstić information content (AvgIpc) is 2.19. The first-order chi connectivity index (χ1) is 6.61. The molecule has 1 rings (SSSR count). The van der Waals surface area contributed by atoms with Gasteiger partial charge >= 0.3 is 7.12 Å². The second-order valence-corrected chi connectivity index (χ2v) is 3.53. The maximum Gasteiger partial charge on any atom is 0.493 e. The molecule has 76 valence electrons. The molecule has 0 radical (unpaired) electrons. The highest BCUT2D eigenvalue weighted by atomic mass is 16.6. The normalized spacial score (nSPS) is 10.4. The minimum Gasteiger partial charge on any atom is -0.410 e. The Balaban J connectivity index is 3.16. The van der Waals surface area contributed by atoms with Crippen LogP contribution in [0.3, 0.4) is 0 Å². The molecule has 3 heteroatoms. The van der Waals surface area contributed by atoms with Gasteiger partial charge in [-0.1, -0.05) is 12.1 Å². The van der Waals surface area contributed by atoms with Crippen molar-refractivity contribution in [1.29, 1.82) is 0 Å². The predicted octanol–water partition coefficient (Wildman–Crippen LogP) is 1.60. The smallest absolute Gasteiger partial charge is 0.410 e. The lowest BCUT2D eigenvalue weighted by molar-refractivity contribution is 0.291. The van der Waals surface area contributed by atoms with E-state index in [1.807, 2.05) is 0 Å². The first kappa shape index (κ1) is 11.3.